The molecule has 2 aromatic carbocycles. The van der Waals surface area contributed by atoms with E-state index in [0.717, 1.165) is 22.4 Å². The maximum absolute atomic E-state index is 12.9. The van der Waals surface area contributed by atoms with Crippen LogP contribution < -0.4 is 0 Å². The molecule has 4 rings (SSSR count). The Hall–Kier alpha value is -2.57. The van der Waals surface area contributed by atoms with Crippen LogP contribution in [0.5, 0.6) is 0 Å². The van der Waals surface area contributed by atoms with Crippen molar-refractivity contribution in [1.29, 1.82) is 0 Å². The molecule has 168 valence electrons. The second kappa shape index (κ2) is 8.75. The predicted octanol–water partition coefficient (Wildman–Crippen LogP) is 5.28. The number of carbonyl (C=O) groups excluding carboxylic acids is 2. The zero-order chi connectivity index (χ0) is 23.0. The Balaban J connectivity index is 1.48. The van der Waals surface area contributed by atoms with Crippen LogP contribution in [-0.2, 0) is 10.4 Å². The average molecular weight is 474 g/mol. The summed E-state index contributed by atoms with van der Waals surface area (Å²) in [7, 11) is 0. The number of rotatable bonds is 6. The van der Waals surface area contributed by atoms with E-state index >= 15 is 0 Å². The first kappa shape index (κ1) is 22.6. The zero-order valence-electron chi connectivity index (χ0n) is 18.3. The van der Waals surface area contributed by atoms with Crippen molar-refractivity contribution in [3.8, 4) is 0 Å². The number of oxime groups is 1. The van der Waals surface area contributed by atoms with Gasteiger partial charge in [-0.1, -0.05) is 40.5 Å². The van der Waals surface area contributed by atoms with E-state index in [-0.39, 0.29) is 18.4 Å². The molecule has 1 saturated heterocycles. The number of hydrogen-bond donors (Lipinski definition) is 0. The van der Waals surface area contributed by atoms with Crippen LogP contribution in [-0.4, -0.2) is 53.5 Å². The highest BCUT2D eigenvalue weighted by atomic mass is 35.5. The molecule has 0 spiro atoms. The number of amides is 2. The van der Waals surface area contributed by atoms with E-state index in [0.29, 0.717) is 41.7 Å². The molecule has 6 nitrogen and oxygen atoms in total. The molecule has 2 heterocycles. The number of nitrogens with zero attached hydrogens (tertiary/aromatic N) is 3. The second-order valence-electron chi connectivity index (χ2n) is 8.43. The summed E-state index contributed by atoms with van der Waals surface area (Å²) in [6.45, 7) is 7.77. The van der Waals surface area contributed by atoms with Crippen LogP contribution in [0.25, 0.3) is 0 Å². The van der Waals surface area contributed by atoms with Gasteiger partial charge in [0.15, 0.2) is 11.4 Å². The molecule has 1 unspecified atom stereocenters. The molecule has 0 bridgehead atoms. The van der Waals surface area contributed by atoms with Crippen molar-refractivity contribution >= 4 is 40.7 Å². The molecular weight excluding hydrogens is 449 g/mol. The maximum atomic E-state index is 12.9. The summed E-state index contributed by atoms with van der Waals surface area (Å²) in [5, 5.41) is 5.40. The van der Waals surface area contributed by atoms with E-state index < -0.39 is 5.60 Å². The van der Waals surface area contributed by atoms with Crippen LogP contribution in [0.4, 0.5) is 4.79 Å². The first-order chi connectivity index (χ1) is 15.2. The SMILES string of the molecule is CCN1CCN(CC(=O)c2ccc(C3=NOC(C)(c4cc(Cl)cc(Cl)c4)C3)cc2C)C1=O. The average Bonchev–Trinajstić information content (AvgIpc) is 3.31. The fourth-order valence-electron chi connectivity index (χ4n) is 4.20. The van der Waals surface area contributed by atoms with Gasteiger partial charge in [0, 0.05) is 47.2 Å². The highest BCUT2D eigenvalue weighted by Gasteiger charge is 2.37. The Bertz CT molecular complexity index is 1100. The monoisotopic (exact) mass is 473 g/mol. The van der Waals surface area contributed by atoms with Gasteiger partial charge in [-0.25, -0.2) is 4.79 Å². The van der Waals surface area contributed by atoms with Gasteiger partial charge in [-0.3, -0.25) is 4.79 Å². The van der Waals surface area contributed by atoms with E-state index in [1.165, 1.54) is 0 Å². The number of ketones is 1. The van der Waals surface area contributed by atoms with E-state index in [9.17, 15) is 9.59 Å². The largest absolute Gasteiger partial charge is 0.384 e. The lowest BCUT2D eigenvalue weighted by Crippen LogP contribution is -2.35. The highest BCUT2D eigenvalue weighted by molar-refractivity contribution is 6.34. The number of Topliss-reactive ketones (excluding diaryl/α,β-unsaturated/α-hetero) is 1. The molecule has 1 fully saturated rings. The van der Waals surface area contributed by atoms with Crippen LogP contribution >= 0.6 is 23.2 Å². The van der Waals surface area contributed by atoms with Crippen LogP contribution in [0, 0.1) is 6.92 Å². The molecule has 32 heavy (non-hydrogen) atoms. The normalized spacial score (nSPS) is 20.5. The molecule has 1 atom stereocenters. The smallest absolute Gasteiger partial charge is 0.320 e. The van der Waals surface area contributed by atoms with Crippen molar-refractivity contribution in [2.24, 2.45) is 5.16 Å². The lowest BCUT2D eigenvalue weighted by molar-refractivity contribution is -0.00737. The Labute approximate surface area is 197 Å². The first-order valence-electron chi connectivity index (χ1n) is 10.6. The van der Waals surface area contributed by atoms with E-state index in [1.54, 1.807) is 21.9 Å². The number of likely N-dealkylation sites (N-methyl/N-ethyl adjacent to an activating group) is 1. The third kappa shape index (κ3) is 4.34. The minimum atomic E-state index is -0.673. The molecular formula is C24H25Cl2N3O3. The Kier molecular flexibility index (Phi) is 6.19. The molecule has 2 amide bonds. The first-order valence-corrected chi connectivity index (χ1v) is 11.4. The van der Waals surface area contributed by atoms with Gasteiger partial charge in [-0.2, -0.15) is 0 Å². The molecule has 2 aliphatic heterocycles. The second-order valence-corrected chi connectivity index (χ2v) is 9.30. The fourth-order valence-corrected chi connectivity index (χ4v) is 4.72. The van der Waals surface area contributed by atoms with Crippen LogP contribution in [0.15, 0.2) is 41.6 Å². The number of urea groups is 1. The van der Waals surface area contributed by atoms with Gasteiger partial charge in [0.05, 0.1) is 12.3 Å². The molecule has 0 N–H and O–H groups in total. The van der Waals surface area contributed by atoms with Crippen LogP contribution in [0.2, 0.25) is 10.0 Å². The minimum absolute atomic E-state index is 0.0663. The minimum Gasteiger partial charge on any atom is -0.384 e. The predicted molar refractivity (Wildman–Crippen MR) is 126 cm³/mol. The zero-order valence-corrected chi connectivity index (χ0v) is 19.8. The number of benzene rings is 2. The quantitative estimate of drug-likeness (QED) is 0.535. The number of halogens is 2. The van der Waals surface area contributed by atoms with Gasteiger partial charge >= 0.3 is 6.03 Å². The van der Waals surface area contributed by atoms with Crippen LogP contribution in [0.3, 0.4) is 0 Å². The third-order valence-corrected chi connectivity index (χ3v) is 6.53. The summed E-state index contributed by atoms with van der Waals surface area (Å²) in [4.78, 5) is 34.3. The lowest BCUT2D eigenvalue weighted by Gasteiger charge is -2.22. The van der Waals surface area contributed by atoms with Gasteiger partial charge in [0.1, 0.15) is 0 Å². The fraction of sp³-hybridized carbons (Fsp3) is 0.375. The molecule has 0 aromatic heterocycles. The molecule has 0 aliphatic carbocycles. The summed E-state index contributed by atoms with van der Waals surface area (Å²) in [5.74, 6) is -0.0663. The standard InChI is InChI=1S/C24H25Cl2N3O3/c1-4-28-7-8-29(23(28)31)14-22(30)20-6-5-16(9-15(20)2)21-13-24(3,32-27-21)17-10-18(25)12-19(26)11-17/h5-6,9-12H,4,7-8,13-14H2,1-3H3. The van der Waals surface area contributed by atoms with Crippen molar-refractivity contribution in [2.45, 2.75) is 32.8 Å². The van der Waals surface area contributed by atoms with E-state index in [2.05, 4.69) is 5.16 Å². The van der Waals surface area contributed by atoms with Gasteiger partial charge in [0.2, 0.25) is 0 Å². The van der Waals surface area contributed by atoms with Crippen molar-refractivity contribution in [2.75, 3.05) is 26.2 Å². The summed E-state index contributed by atoms with van der Waals surface area (Å²) in [6.07, 6.45) is 0.547. The van der Waals surface area contributed by atoms with Crippen molar-refractivity contribution < 1.29 is 14.4 Å². The Morgan fingerprint density at radius 3 is 2.44 bits per heavy atom. The molecule has 2 aromatic rings. The molecule has 0 radical (unpaired) electrons. The van der Waals surface area contributed by atoms with E-state index in [1.807, 2.05) is 45.0 Å². The Morgan fingerprint density at radius 2 is 1.81 bits per heavy atom. The molecule has 2 aliphatic rings. The summed E-state index contributed by atoms with van der Waals surface area (Å²) in [6, 6.07) is 10.9. The van der Waals surface area contributed by atoms with Crippen molar-refractivity contribution in [3.05, 3.63) is 68.7 Å². The highest BCUT2D eigenvalue weighted by Crippen LogP contribution is 2.38. The number of aryl methyl sites for hydroxylation is 1. The third-order valence-electron chi connectivity index (χ3n) is 6.09. The lowest BCUT2D eigenvalue weighted by atomic mass is 9.88. The molecule has 8 heteroatoms. The van der Waals surface area contributed by atoms with Gasteiger partial charge < -0.3 is 14.6 Å². The summed E-state index contributed by atoms with van der Waals surface area (Å²) in [5.41, 5.74) is 3.32. The van der Waals surface area contributed by atoms with Gasteiger partial charge in [-0.05, 0) is 56.2 Å². The Morgan fingerprint density at radius 1 is 1.12 bits per heavy atom. The maximum Gasteiger partial charge on any atom is 0.320 e. The van der Waals surface area contributed by atoms with Crippen molar-refractivity contribution in [3.63, 3.8) is 0 Å². The molecule has 0 saturated carbocycles. The number of hydrogen-bond acceptors (Lipinski definition) is 4. The van der Waals surface area contributed by atoms with Crippen molar-refractivity contribution in [1.82, 2.24) is 9.80 Å². The van der Waals surface area contributed by atoms with Crippen LogP contribution in [0.1, 0.15) is 47.3 Å². The van der Waals surface area contributed by atoms with Gasteiger partial charge in [0.25, 0.3) is 0 Å². The summed E-state index contributed by atoms with van der Waals surface area (Å²) >= 11 is 12.3. The van der Waals surface area contributed by atoms with Gasteiger partial charge in [-0.15, -0.1) is 0 Å². The topological polar surface area (TPSA) is 62.2 Å². The number of carbonyl (C=O) groups is 2. The summed E-state index contributed by atoms with van der Waals surface area (Å²) < 4.78 is 0. The van der Waals surface area contributed by atoms with E-state index in [4.69, 9.17) is 28.0 Å².